The van der Waals surface area contributed by atoms with Gasteiger partial charge in [-0.3, -0.25) is 14.7 Å². The molecule has 0 spiro atoms. The van der Waals surface area contributed by atoms with Crippen molar-refractivity contribution in [3.8, 4) is 23.0 Å². The van der Waals surface area contributed by atoms with Crippen molar-refractivity contribution in [1.29, 1.82) is 0 Å². The van der Waals surface area contributed by atoms with Gasteiger partial charge in [0.05, 0.1) is 24.3 Å². The zero-order valence-electron chi connectivity index (χ0n) is 18.3. The number of pyridine rings is 1. The van der Waals surface area contributed by atoms with E-state index in [-0.39, 0.29) is 11.7 Å². The molecule has 0 N–H and O–H groups in total. The maximum absolute atomic E-state index is 13.4. The van der Waals surface area contributed by atoms with E-state index in [0.29, 0.717) is 43.5 Å². The van der Waals surface area contributed by atoms with Crippen LogP contribution in [-0.4, -0.2) is 56.8 Å². The van der Waals surface area contributed by atoms with Crippen molar-refractivity contribution in [2.24, 2.45) is 0 Å². The number of benzene rings is 1. The number of nitrogens with zero attached hydrogens (tertiary/aromatic N) is 5. The first-order valence-corrected chi connectivity index (χ1v) is 10.8. The molecule has 3 heterocycles. The molecule has 0 aliphatic carbocycles. The number of carbonyl (C=O) groups excluding carboxylic acids is 1. The molecule has 1 aliphatic rings. The third-order valence-electron chi connectivity index (χ3n) is 5.59. The van der Waals surface area contributed by atoms with Gasteiger partial charge in [0.15, 0.2) is 5.82 Å². The SMILES string of the molecule is CCN(CC)CC(=O)N1CCc2nc(-c3ccncc3)nc(Oc3ccc(F)cc3)c2C1. The first-order valence-electron chi connectivity index (χ1n) is 10.8. The van der Waals surface area contributed by atoms with Gasteiger partial charge in [-0.1, -0.05) is 13.8 Å². The van der Waals surface area contributed by atoms with Crippen LogP contribution >= 0.6 is 0 Å². The van der Waals surface area contributed by atoms with E-state index in [1.807, 2.05) is 30.9 Å². The highest BCUT2D eigenvalue weighted by Crippen LogP contribution is 2.32. The summed E-state index contributed by atoms with van der Waals surface area (Å²) in [7, 11) is 0. The summed E-state index contributed by atoms with van der Waals surface area (Å²) in [6.45, 7) is 7.09. The van der Waals surface area contributed by atoms with E-state index in [4.69, 9.17) is 9.72 Å². The van der Waals surface area contributed by atoms with Crippen LogP contribution in [-0.2, 0) is 17.8 Å². The molecule has 1 aliphatic heterocycles. The zero-order chi connectivity index (χ0) is 22.5. The predicted molar refractivity (Wildman–Crippen MR) is 119 cm³/mol. The van der Waals surface area contributed by atoms with Gasteiger partial charge in [-0.25, -0.2) is 9.37 Å². The number of ether oxygens (including phenoxy) is 1. The van der Waals surface area contributed by atoms with Crippen molar-refractivity contribution in [3.05, 3.63) is 65.9 Å². The van der Waals surface area contributed by atoms with Gasteiger partial charge in [0.25, 0.3) is 0 Å². The van der Waals surface area contributed by atoms with Crippen molar-refractivity contribution in [1.82, 2.24) is 24.8 Å². The standard InChI is InChI=1S/C24H26FN5O2/c1-3-29(4-2)16-22(31)30-14-11-21-20(15-30)24(32-19-7-5-18(25)6-8-19)28-23(27-21)17-9-12-26-13-10-17/h5-10,12-13H,3-4,11,14-16H2,1-2H3. The van der Waals surface area contributed by atoms with Gasteiger partial charge in [0.1, 0.15) is 11.6 Å². The normalized spacial score (nSPS) is 13.2. The third kappa shape index (κ3) is 4.91. The Balaban J connectivity index is 1.67. The van der Waals surface area contributed by atoms with Crippen molar-refractivity contribution in [3.63, 3.8) is 0 Å². The highest BCUT2D eigenvalue weighted by molar-refractivity contribution is 5.78. The Kier molecular flexibility index (Phi) is 6.70. The number of hydrogen-bond acceptors (Lipinski definition) is 6. The molecule has 8 heteroatoms. The minimum atomic E-state index is -0.340. The molecule has 166 valence electrons. The molecule has 7 nitrogen and oxygen atoms in total. The van der Waals surface area contributed by atoms with Crippen molar-refractivity contribution >= 4 is 5.91 Å². The van der Waals surface area contributed by atoms with Crippen LogP contribution in [0.25, 0.3) is 11.4 Å². The Morgan fingerprint density at radius 2 is 1.81 bits per heavy atom. The van der Waals surface area contributed by atoms with Crippen LogP contribution in [0, 0.1) is 5.82 Å². The maximum Gasteiger partial charge on any atom is 0.237 e. The summed E-state index contributed by atoms with van der Waals surface area (Å²) in [6, 6.07) is 9.47. The number of halogens is 1. The van der Waals surface area contributed by atoms with E-state index in [1.54, 1.807) is 24.5 Å². The topological polar surface area (TPSA) is 71.5 Å². The molecule has 0 bridgehead atoms. The van der Waals surface area contributed by atoms with E-state index in [0.717, 1.165) is 29.9 Å². The Morgan fingerprint density at radius 3 is 2.50 bits per heavy atom. The van der Waals surface area contributed by atoms with Crippen LogP contribution in [0.15, 0.2) is 48.8 Å². The molecule has 0 atom stereocenters. The summed E-state index contributed by atoms with van der Waals surface area (Å²) in [5.74, 6) is 1.12. The minimum Gasteiger partial charge on any atom is -0.439 e. The zero-order valence-corrected chi connectivity index (χ0v) is 18.3. The number of carbonyl (C=O) groups is 1. The molecule has 1 aromatic carbocycles. The second kappa shape index (κ2) is 9.82. The summed E-state index contributed by atoms with van der Waals surface area (Å²) in [5.41, 5.74) is 2.47. The van der Waals surface area contributed by atoms with Gasteiger partial charge in [0.2, 0.25) is 11.8 Å². The van der Waals surface area contributed by atoms with Gasteiger partial charge in [0, 0.05) is 30.9 Å². The highest BCUT2D eigenvalue weighted by Gasteiger charge is 2.27. The Hall–Kier alpha value is -3.39. The molecule has 3 aromatic rings. The average Bonchev–Trinajstić information content (AvgIpc) is 2.84. The lowest BCUT2D eigenvalue weighted by Gasteiger charge is -2.31. The van der Waals surface area contributed by atoms with E-state index in [2.05, 4.69) is 14.9 Å². The lowest BCUT2D eigenvalue weighted by atomic mass is 10.1. The quantitative estimate of drug-likeness (QED) is 0.564. The summed E-state index contributed by atoms with van der Waals surface area (Å²) >= 11 is 0. The molecular weight excluding hydrogens is 409 g/mol. The molecule has 32 heavy (non-hydrogen) atoms. The predicted octanol–water partition coefficient (Wildman–Crippen LogP) is 3.70. The third-order valence-corrected chi connectivity index (χ3v) is 5.59. The van der Waals surface area contributed by atoms with Crippen molar-refractivity contribution in [2.45, 2.75) is 26.8 Å². The highest BCUT2D eigenvalue weighted by atomic mass is 19.1. The maximum atomic E-state index is 13.4. The van der Waals surface area contributed by atoms with Crippen LogP contribution in [0.2, 0.25) is 0 Å². The van der Waals surface area contributed by atoms with Gasteiger partial charge in [-0.15, -0.1) is 0 Å². The number of likely N-dealkylation sites (N-methyl/N-ethyl adjacent to an activating group) is 1. The molecule has 0 radical (unpaired) electrons. The largest absolute Gasteiger partial charge is 0.439 e. The van der Waals surface area contributed by atoms with E-state index in [1.165, 1.54) is 12.1 Å². The number of hydrogen-bond donors (Lipinski definition) is 0. The van der Waals surface area contributed by atoms with Gasteiger partial charge in [-0.05, 0) is 49.5 Å². The van der Waals surface area contributed by atoms with Gasteiger partial charge >= 0.3 is 0 Å². The molecule has 1 amide bonds. The summed E-state index contributed by atoms with van der Waals surface area (Å²) in [6.07, 6.45) is 3.98. The van der Waals surface area contributed by atoms with Crippen molar-refractivity contribution < 1.29 is 13.9 Å². The van der Waals surface area contributed by atoms with Crippen molar-refractivity contribution in [2.75, 3.05) is 26.2 Å². The van der Waals surface area contributed by atoms with E-state index >= 15 is 0 Å². The number of aromatic nitrogens is 3. The second-order valence-electron chi connectivity index (χ2n) is 7.60. The molecule has 0 unspecified atom stereocenters. The molecule has 2 aromatic heterocycles. The summed E-state index contributed by atoms with van der Waals surface area (Å²) < 4.78 is 19.4. The number of fused-ring (bicyclic) bond motifs is 1. The van der Waals surface area contributed by atoms with Gasteiger partial charge < -0.3 is 9.64 Å². The molecule has 0 saturated carbocycles. The molecule has 4 rings (SSSR count). The van der Waals surface area contributed by atoms with Crippen LogP contribution in [0.3, 0.4) is 0 Å². The first kappa shape index (κ1) is 21.8. The first-order chi connectivity index (χ1) is 15.6. The van der Waals surface area contributed by atoms with Crippen LogP contribution in [0.4, 0.5) is 4.39 Å². The van der Waals surface area contributed by atoms with Gasteiger partial charge in [-0.2, -0.15) is 4.98 Å². The number of rotatable bonds is 7. The fourth-order valence-corrected chi connectivity index (χ4v) is 3.66. The monoisotopic (exact) mass is 435 g/mol. The lowest BCUT2D eigenvalue weighted by molar-refractivity contribution is -0.133. The fraction of sp³-hybridized carbons (Fsp3) is 0.333. The van der Waals surface area contributed by atoms with Crippen LogP contribution in [0.5, 0.6) is 11.6 Å². The van der Waals surface area contributed by atoms with E-state index < -0.39 is 0 Å². The second-order valence-corrected chi connectivity index (χ2v) is 7.60. The van der Waals surface area contributed by atoms with E-state index in [9.17, 15) is 9.18 Å². The van der Waals surface area contributed by atoms with Crippen LogP contribution in [0.1, 0.15) is 25.1 Å². The Bertz CT molecular complexity index is 1070. The molecular formula is C24H26FN5O2. The molecule has 0 fully saturated rings. The lowest BCUT2D eigenvalue weighted by Crippen LogP contribution is -2.43. The Morgan fingerprint density at radius 1 is 1.09 bits per heavy atom. The summed E-state index contributed by atoms with van der Waals surface area (Å²) in [4.78, 5) is 30.3. The Labute approximate surface area is 186 Å². The fourth-order valence-electron chi connectivity index (χ4n) is 3.66. The molecule has 0 saturated heterocycles. The average molecular weight is 436 g/mol. The van der Waals surface area contributed by atoms with Crippen LogP contribution < -0.4 is 4.74 Å². The number of amides is 1. The summed E-state index contributed by atoms with van der Waals surface area (Å²) in [5, 5.41) is 0. The smallest absolute Gasteiger partial charge is 0.237 e. The minimum absolute atomic E-state index is 0.0743.